The first-order valence-corrected chi connectivity index (χ1v) is 7.15. The van der Waals surface area contributed by atoms with Gasteiger partial charge in [0, 0.05) is 13.1 Å². The minimum Gasteiger partial charge on any atom is -0.497 e. The summed E-state index contributed by atoms with van der Waals surface area (Å²) in [4.78, 5) is 2.25. The fourth-order valence-electron chi connectivity index (χ4n) is 2.88. The Labute approximate surface area is 116 Å². The van der Waals surface area contributed by atoms with Gasteiger partial charge in [-0.15, -0.1) is 0 Å². The molecule has 0 amide bonds. The van der Waals surface area contributed by atoms with Crippen molar-refractivity contribution >= 4 is 0 Å². The van der Waals surface area contributed by atoms with Crippen molar-refractivity contribution in [1.29, 1.82) is 0 Å². The second kappa shape index (κ2) is 6.40. The standard InChI is InChI=1S/C16H25NO2/c1-17(13-16(18)10-3-4-11-16)12-9-14-5-7-15(19-2)8-6-14/h5-8,18H,3-4,9-13H2,1-2H3. The summed E-state index contributed by atoms with van der Waals surface area (Å²) in [5, 5.41) is 10.4. The molecule has 2 rings (SSSR count). The number of rotatable bonds is 6. The van der Waals surface area contributed by atoms with Crippen LogP contribution in [-0.2, 0) is 6.42 Å². The van der Waals surface area contributed by atoms with Crippen LogP contribution in [0, 0.1) is 0 Å². The fourth-order valence-corrected chi connectivity index (χ4v) is 2.88. The number of likely N-dealkylation sites (N-methyl/N-ethyl adjacent to an activating group) is 1. The van der Waals surface area contributed by atoms with Gasteiger partial charge >= 0.3 is 0 Å². The first-order chi connectivity index (χ1) is 9.11. The molecule has 0 spiro atoms. The van der Waals surface area contributed by atoms with E-state index in [4.69, 9.17) is 4.74 Å². The molecule has 1 saturated carbocycles. The van der Waals surface area contributed by atoms with Crippen LogP contribution in [-0.4, -0.2) is 42.9 Å². The number of nitrogens with zero attached hydrogens (tertiary/aromatic N) is 1. The molecule has 1 aromatic rings. The van der Waals surface area contributed by atoms with Gasteiger partial charge in [0.2, 0.25) is 0 Å². The normalized spacial score (nSPS) is 17.9. The maximum atomic E-state index is 10.4. The van der Waals surface area contributed by atoms with Crippen LogP contribution in [0.15, 0.2) is 24.3 Å². The highest BCUT2D eigenvalue weighted by Crippen LogP contribution is 2.29. The number of aliphatic hydroxyl groups is 1. The highest BCUT2D eigenvalue weighted by molar-refractivity contribution is 5.27. The topological polar surface area (TPSA) is 32.7 Å². The highest BCUT2D eigenvalue weighted by atomic mass is 16.5. The molecule has 3 heteroatoms. The maximum Gasteiger partial charge on any atom is 0.118 e. The van der Waals surface area contributed by atoms with Crippen molar-refractivity contribution in [1.82, 2.24) is 4.90 Å². The van der Waals surface area contributed by atoms with Gasteiger partial charge in [-0.1, -0.05) is 25.0 Å². The molecule has 0 atom stereocenters. The van der Waals surface area contributed by atoms with Gasteiger partial charge < -0.3 is 14.7 Å². The molecule has 0 bridgehead atoms. The summed E-state index contributed by atoms with van der Waals surface area (Å²) in [6.45, 7) is 1.78. The lowest BCUT2D eigenvalue weighted by atomic mass is 10.0. The molecule has 0 unspecified atom stereocenters. The van der Waals surface area contributed by atoms with Crippen LogP contribution in [0.1, 0.15) is 31.2 Å². The van der Waals surface area contributed by atoms with Crippen LogP contribution in [0.25, 0.3) is 0 Å². The largest absolute Gasteiger partial charge is 0.497 e. The molecule has 1 aromatic carbocycles. The van der Waals surface area contributed by atoms with Crippen LogP contribution in [0.5, 0.6) is 5.75 Å². The molecular formula is C16H25NO2. The third-order valence-corrected chi connectivity index (χ3v) is 4.04. The van der Waals surface area contributed by atoms with Crippen LogP contribution >= 0.6 is 0 Å². The predicted molar refractivity (Wildman–Crippen MR) is 77.6 cm³/mol. The Morgan fingerprint density at radius 1 is 1.21 bits per heavy atom. The molecule has 1 N–H and O–H groups in total. The van der Waals surface area contributed by atoms with Gasteiger partial charge in [0.1, 0.15) is 5.75 Å². The minimum absolute atomic E-state index is 0.436. The fraction of sp³-hybridized carbons (Fsp3) is 0.625. The number of hydrogen-bond donors (Lipinski definition) is 1. The zero-order valence-electron chi connectivity index (χ0n) is 12.1. The van der Waals surface area contributed by atoms with E-state index in [-0.39, 0.29) is 0 Å². The molecule has 3 nitrogen and oxygen atoms in total. The molecule has 0 aliphatic heterocycles. The second-order valence-electron chi connectivity index (χ2n) is 5.77. The van der Waals surface area contributed by atoms with Crippen LogP contribution in [0.4, 0.5) is 0 Å². The Morgan fingerprint density at radius 3 is 2.42 bits per heavy atom. The Kier molecular flexibility index (Phi) is 4.83. The SMILES string of the molecule is COc1ccc(CCN(C)CC2(O)CCCC2)cc1. The van der Waals surface area contributed by atoms with E-state index in [2.05, 4.69) is 24.1 Å². The second-order valence-corrected chi connectivity index (χ2v) is 5.77. The first kappa shape index (κ1) is 14.4. The third kappa shape index (κ3) is 4.22. The number of hydrogen-bond acceptors (Lipinski definition) is 3. The minimum atomic E-state index is -0.436. The maximum absolute atomic E-state index is 10.4. The lowest BCUT2D eigenvalue weighted by Crippen LogP contribution is -2.39. The molecule has 19 heavy (non-hydrogen) atoms. The van der Waals surface area contributed by atoms with Gasteiger partial charge in [0.15, 0.2) is 0 Å². The zero-order valence-corrected chi connectivity index (χ0v) is 12.1. The summed E-state index contributed by atoms with van der Waals surface area (Å²) < 4.78 is 5.15. The van der Waals surface area contributed by atoms with Gasteiger partial charge in [0.05, 0.1) is 12.7 Å². The molecule has 1 aliphatic carbocycles. The summed E-state index contributed by atoms with van der Waals surface area (Å²) in [5.41, 5.74) is 0.875. The van der Waals surface area contributed by atoms with Gasteiger partial charge in [0.25, 0.3) is 0 Å². The predicted octanol–water partition coefficient (Wildman–Crippen LogP) is 2.47. The van der Waals surface area contributed by atoms with E-state index in [1.165, 1.54) is 18.4 Å². The van der Waals surface area contributed by atoms with Gasteiger partial charge in [-0.25, -0.2) is 0 Å². The monoisotopic (exact) mass is 263 g/mol. The van der Waals surface area contributed by atoms with Crippen LogP contribution < -0.4 is 4.74 Å². The van der Waals surface area contributed by atoms with Crippen molar-refractivity contribution in [3.8, 4) is 5.75 Å². The lowest BCUT2D eigenvalue weighted by molar-refractivity contribution is 0.0167. The van der Waals surface area contributed by atoms with Crippen molar-refractivity contribution in [3.63, 3.8) is 0 Å². The average molecular weight is 263 g/mol. The zero-order chi connectivity index (χ0) is 13.7. The quantitative estimate of drug-likeness (QED) is 0.856. The van der Waals surface area contributed by atoms with Gasteiger partial charge in [-0.3, -0.25) is 0 Å². The van der Waals surface area contributed by atoms with Crippen LogP contribution in [0.2, 0.25) is 0 Å². The van der Waals surface area contributed by atoms with Gasteiger partial charge in [-0.2, -0.15) is 0 Å². The molecule has 1 fully saturated rings. The smallest absolute Gasteiger partial charge is 0.118 e. The van der Waals surface area contributed by atoms with Crippen molar-refractivity contribution < 1.29 is 9.84 Å². The molecule has 0 aromatic heterocycles. The number of methoxy groups -OCH3 is 1. The first-order valence-electron chi connectivity index (χ1n) is 7.15. The molecule has 1 aliphatic rings. The molecule has 106 valence electrons. The summed E-state index contributed by atoms with van der Waals surface area (Å²) in [6.07, 6.45) is 5.27. The summed E-state index contributed by atoms with van der Waals surface area (Å²) >= 11 is 0. The molecule has 0 saturated heterocycles. The van der Waals surface area contributed by atoms with E-state index in [1.54, 1.807) is 7.11 Å². The summed E-state index contributed by atoms with van der Waals surface area (Å²) in [6, 6.07) is 8.22. The number of benzene rings is 1. The molecular weight excluding hydrogens is 238 g/mol. The number of ether oxygens (including phenoxy) is 1. The van der Waals surface area contributed by atoms with Crippen LogP contribution in [0.3, 0.4) is 0 Å². The highest BCUT2D eigenvalue weighted by Gasteiger charge is 2.31. The van der Waals surface area contributed by atoms with Crippen molar-refractivity contribution in [2.45, 2.75) is 37.7 Å². The van der Waals surface area contributed by atoms with E-state index in [0.717, 1.165) is 38.1 Å². The van der Waals surface area contributed by atoms with Crippen molar-refractivity contribution in [2.75, 3.05) is 27.2 Å². The average Bonchev–Trinajstić information content (AvgIpc) is 2.83. The lowest BCUT2D eigenvalue weighted by Gasteiger charge is -2.28. The summed E-state index contributed by atoms with van der Waals surface area (Å²) in [7, 11) is 3.78. The van der Waals surface area contributed by atoms with E-state index < -0.39 is 5.60 Å². The Hall–Kier alpha value is -1.06. The van der Waals surface area contributed by atoms with E-state index in [0.29, 0.717) is 0 Å². The van der Waals surface area contributed by atoms with Crippen molar-refractivity contribution in [2.24, 2.45) is 0 Å². The van der Waals surface area contributed by atoms with E-state index in [1.807, 2.05) is 12.1 Å². The third-order valence-electron chi connectivity index (χ3n) is 4.04. The summed E-state index contributed by atoms with van der Waals surface area (Å²) in [5.74, 6) is 0.900. The van der Waals surface area contributed by atoms with E-state index in [9.17, 15) is 5.11 Å². The molecule has 0 heterocycles. The van der Waals surface area contributed by atoms with E-state index >= 15 is 0 Å². The Morgan fingerprint density at radius 2 is 1.84 bits per heavy atom. The Bertz CT molecular complexity index is 382. The van der Waals surface area contributed by atoms with Crippen molar-refractivity contribution in [3.05, 3.63) is 29.8 Å². The molecule has 0 radical (unpaired) electrons. The van der Waals surface area contributed by atoms with Gasteiger partial charge in [-0.05, 0) is 44.0 Å². The Balaban J connectivity index is 1.77.